The molecule has 4 heterocycles. The average molecular weight is 721 g/mol. The Bertz CT molecular complexity index is 1220. The number of carbonyl (C=O) groups is 2. The average Bonchev–Trinajstić information content (AvgIpc) is 3.88. The number of amides is 1. The molecule has 0 saturated carbocycles. The van der Waals surface area contributed by atoms with Crippen LogP contribution in [0.25, 0.3) is 0 Å². The number of piperazine rings is 1. The van der Waals surface area contributed by atoms with Gasteiger partial charge in [0.2, 0.25) is 0 Å². The van der Waals surface area contributed by atoms with E-state index in [9.17, 15) is 24.9 Å². The van der Waals surface area contributed by atoms with Crippen molar-refractivity contribution in [2.24, 2.45) is 11.8 Å². The lowest BCUT2D eigenvalue weighted by Gasteiger charge is -2.41. The smallest absolute Gasteiger partial charge is 0.410 e. The predicted molar refractivity (Wildman–Crippen MR) is 193 cm³/mol. The monoisotopic (exact) mass is 720 g/mol. The van der Waals surface area contributed by atoms with Crippen molar-refractivity contribution in [1.82, 2.24) is 9.80 Å². The highest BCUT2D eigenvalue weighted by atomic mass is 16.6. The first-order valence-corrected chi connectivity index (χ1v) is 19.0. The number of aliphatic hydroxyl groups excluding tert-OH is 2. The minimum absolute atomic E-state index is 0.00596. The standard InChI is InChI=1S/C39H64N2O10/c1-8-31(43)28(4)36-32(49-36)25-38(5,46)16-9-10-26(2)35-27(3)11-12-33(39(6,47-7)17-13-30(42)24-34(44)51-35)50-37(45)41-20-18-40(19-21-41)29-14-22-48-23-15-29/h9-12,16,27-33,35-36,42-43,46H,8,13-15,17-25H2,1-7H3/b12-11-,16-9+,26-10+. The van der Waals surface area contributed by atoms with Gasteiger partial charge in [-0.25, -0.2) is 4.79 Å². The van der Waals surface area contributed by atoms with Crippen LogP contribution in [0.4, 0.5) is 4.79 Å². The van der Waals surface area contributed by atoms with Crippen molar-refractivity contribution >= 4 is 12.1 Å². The number of esters is 1. The van der Waals surface area contributed by atoms with E-state index in [0.29, 0.717) is 38.4 Å². The van der Waals surface area contributed by atoms with E-state index in [1.807, 2.05) is 52.8 Å². The lowest BCUT2D eigenvalue weighted by Crippen LogP contribution is -2.54. The van der Waals surface area contributed by atoms with E-state index in [1.165, 1.54) is 0 Å². The molecule has 4 aliphatic heterocycles. The maximum atomic E-state index is 13.6. The van der Waals surface area contributed by atoms with Gasteiger partial charge < -0.3 is 43.9 Å². The summed E-state index contributed by atoms with van der Waals surface area (Å²) in [5.74, 6) is -0.846. The van der Waals surface area contributed by atoms with Gasteiger partial charge in [0.1, 0.15) is 11.7 Å². The zero-order chi connectivity index (χ0) is 37.3. The molecule has 3 fully saturated rings. The third-order valence-electron chi connectivity index (χ3n) is 11.3. The molecule has 0 aromatic heterocycles. The molecule has 3 N–H and O–H groups in total. The molecule has 4 rings (SSSR count). The number of nitrogens with zero attached hydrogens (tertiary/aromatic N) is 2. The first kappa shape index (κ1) is 41.4. The van der Waals surface area contributed by atoms with E-state index in [2.05, 4.69) is 4.90 Å². The molecular formula is C39H64N2O10. The van der Waals surface area contributed by atoms with Gasteiger partial charge in [-0.2, -0.15) is 0 Å². The Morgan fingerprint density at radius 3 is 2.51 bits per heavy atom. The summed E-state index contributed by atoms with van der Waals surface area (Å²) in [7, 11) is 1.57. The Labute approximate surface area is 304 Å². The van der Waals surface area contributed by atoms with Crippen molar-refractivity contribution in [3.63, 3.8) is 0 Å². The molecule has 0 bridgehead atoms. The normalized spacial score (nSPS) is 35.2. The second-order valence-electron chi connectivity index (χ2n) is 15.5. The van der Waals surface area contributed by atoms with E-state index < -0.39 is 47.7 Å². The van der Waals surface area contributed by atoms with Crippen LogP contribution in [0.5, 0.6) is 0 Å². The predicted octanol–water partition coefficient (Wildman–Crippen LogP) is 4.16. The summed E-state index contributed by atoms with van der Waals surface area (Å²) in [6, 6.07) is 0.485. The minimum atomic E-state index is -1.15. The molecule has 10 unspecified atom stereocenters. The lowest BCUT2D eigenvalue weighted by molar-refractivity contribution is -0.151. The van der Waals surface area contributed by atoms with Gasteiger partial charge in [0, 0.05) is 70.8 Å². The molecule has 0 aromatic rings. The van der Waals surface area contributed by atoms with Crippen LogP contribution >= 0.6 is 0 Å². The number of epoxide rings is 1. The van der Waals surface area contributed by atoms with Crippen molar-refractivity contribution in [1.29, 1.82) is 0 Å². The Hall–Kier alpha value is -2.32. The molecule has 1 amide bonds. The van der Waals surface area contributed by atoms with Gasteiger partial charge in [0.25, 0.3) is 0 Å². The van der Waals surface area contributed by atoms with Gasteiger partial charge in [-0.05, 0) is 64.5 Å². The summed E-state index contributed by atoms with van der Waals surface area (Å²) in [5, 5.41) is 32.1. The number of hydrogen-bond donors (Lipinski definition) is 3. The van der Waals surface area contributed by atoms with Gasteiger partial charge in [-0.15, -0.1) is 0 Å². The van der Waals surface area contributed by atoms with Crippen LogP contribution in [0, 0.1) is 11.8 Å². The molecule has 0 aliphatic carbocycles. The number of ether oxygens (including phenoxy) is 5. The van der Waals surface area contributed by atoms with Gasteiger partial charge in [0.05, 0.1) is 36.4 Å². The maximum Gasteiger partial charge on any atom is 0.410 e. The van der Waals surface area contributed by atoms with Crippen LogP contribution in [0.2, 0.25) is 0 Å². The third-order valence-corrected chi connectivity index (χ3v) is 11.3. The molecule has 0 aromatic carbocycles. The lowest BCUT2D eigenvalue weighted by atomic mass is 9.88. The molecule has 290 valence electrons. The van der Waals surface area contributed by atoms with Crippen molar-refractivity contribution in [2.45, 2.75) is 140 Å². The van der Waals surface area contributed by atoms with Crippen molar-refractivity contribution in [3.8, 4) is 0 Å². The number of hydrogen-bond acceptors (Lipinski definition) is 11. The topological polar surface area (TPSA) is 151 Å². The minimum Gasteiger partial charge on any atom is -0.457 e. The van der Waals surface area contributed by atoms with Crippen LogP contribution in [0.3, 0.4) is 0 Å². The summed E-state index contributed by atoms with van der Waals surface area (Å²) < 4.78 is 29.4. The molecule has 0 spiro atoms. The Morgan fingerprint density at radius 2 is 1.86 bits per heavy atom. The van der Waals surface area contributed by atoms with Gasteiger partial charge in [-0.3, -0.25) is 9.69 Å². The van der Waals surface area contributed by atoms with Crippen LogP contribution in [-0.4, -0.2) is 138 Å². The first-order chi connectivity index (χ1) is 24.2. The zero-order valence-electron chi connectivity index (χ0n) is 31.9. The molecule has 51 heavy (non-hydrogen) atoms. The SMILES string of the molecule is CCC(O)C(C)C1OC1CC(C)(O)/C=C/C=C(\C)C1OC(=O)CC(O)CCC(C)(OC)C(OC(=O)N2CCN(C3CCOCC3)CC2)/C=C\C1C. The fourth-order valence-corrected chi connectivity index (χ4v) is 7.51. The summed E-state index contributed by atoms with van der Waals surface area (Å²) in [4.78, 5) is 30.7. The highest BCUT2D eigenvalue weighted by Gasteiger charge is 2.47. The molecule has 4 aliphatic rings. The molecule has 12 heteroatoms. The number of allylic oxidation sites excluding steroid dienone is 2. The van der Waals surface area contributed by atoms with E-state index in [0.717, 1.165) is 44.7 Å². The van der Waals surface area contributed by atoms with E-state index in [4.69, 9.17) is 23.7 Å². The number of methoxy groups -OCH3 is 1. The Morgan fingerprint density at radius 1 is 1.18 bits per heavy atom. The second-order valence-corrected chi connectivity index (χ2v) is 15.5. The van der Waals surface area contributed by atoms with Gasteiger partial charge in [0.15, 0.2) is 6.10 Å². The fourth-order valence-electron chi connectivity index (χ4n) is 7.51. The summed E-state index contributed by atoms with van der Waals surface area (Å²) >= 11 is 0. The van der Waals surface area contributed by atoms with Crippen LogP contribution in [0.1, 0.15) is 86.5 Å². The molecular weight excluding hydrogens is 656 g/mol. The molecule has 0 radical (unpaired) electrons. The summed E-state index contributed by atoms with van der Waals surface area (Å²) in [5.41, 5.74) is -1.36. The quantitative estimate of drug-likeness (QED) is 0.122. The highest BCUT2D eigenvalue weighted by molar-refractivity contribution is 5.70. The van der Waals surface area contributed by atoms with Gasteiger partial charge in [-0.1, -0.05) is 45.1 Å². The van der Waals surface area contributed by atoms with Crippen LogP contribution in [-0.2, 0) is 28.5 Å². The summed E-state index contributed by atoms with van der Waals surface area (Å²) in [6.45, 7) is 15.5. The number of rotatable bonds is 11. The maximum absolute atomic E-state index is 13.6. The Kier molecular flexibility index (Phi) is 15.1. The zero-order valence-corrected chi connectivity index (χ0v) is 31.9. The van der Waals surface area contributed by atoms with E-state index in [-0.39, 0.29) is 36.9 Å². The van der Waals surface area contributed by atoms with E-state index in [1.54, 1.807) is 31.1 Å². The van der Waals surface area contributed by atoms with Crippen LogP contribution in [0.15, 0.2) is 36.0 Å². The number of carbonyl (C=O) groups excluding carboxylic acids is 2. The van der Waals surface area contributed by atoms with Crippen molar-refractivity contribution in [2.75, 3.05) is 46.5 Å². The molecule has 12 nitrogen and oxygen atoms in total. The van der Waals surface area contributed by atoms with Crippen LogP contribution < -0.4 is 0 Å². The molecule has 10 atom stereocenters. The third kappa shape index (κ3) is 11.8. The first-order valence-electron chi connectivity index (χ1n) is 19.0. The fraction of sp³-hybridized carbons (Fsp3) is 0.795. The second kappa shape index (κ2) is 18.6. The van der Waals surface area contributed by atoms with Crippen molar-refractivity contribution < 1.29 is 48.6 Å². The molecule has 3 saturated heterocycles. The number of cyclic esters (lactones) is 1. The highest BCUT2D eigenvalue weighted by Crippen LogP contribution is 2.38. The summed E-state index contributed by atoms with van der Waals surface area (Å²) in [6.07, 6.45) is 8.99. The largest absolute Gasteiger partial charge is 0.457 e. The Balaban J connectivity index is 1.45. The number of aliphatic hydroxyl groups is 3. The van der Waals surface area contributed by atoms with Gasteiger partial charge >= 0.3 is 12.1 Å². The van der Waals surface area contributed by atoms with E-state index >= 15 is 0 Å². The van der Waals surface area contributed by atoms with Crippen molar-refractivity contribution in [3.05, 3.63) is 36.0 Å².